The quantitative estimate of drug-likeness (QED) is 0.505. The summed E-state index contributed by atoms with van der Waals surface area (Å²) >= 11 is 0. The van der Waals surface area contributed by atoms with Crippen LogP contribution in [0.3, 0.4) is 0 Å². The molecule has 0 spiro atoms. The van der Waals surface area contributed by atoms with E-state index in [-0.39, 0.29) is 0 Å². The predicted octanol–water partition coefficient (Wildman–Crippen LogP) is 3.59. The third-order valence-corrected chi connectivity index (χ3v) is 4.43. The summed E-state index contributed by atoms with van der Waals surface area (Å²) in [5.74, 6) is 2.33. The van der Waals surface area contributed by atoms with Gasteiger partial charge in [-0.15, -0.1) is 0 Å². The van der Waals surface area contributed by atoms with Crippen molar-refractivity contribution in [3.63, 3.8) is 0 Å². The maximum absolute atomic E-state index is 6.02. The van der Waals surface area contributed by atoms with Crippen LogP contribution >= 0.6 is 0 Å². The van der Waals surface area contributed by atoms with Crippen LogP contribution < -0.4 is 11.1 Å². The highest BCUT2D eigenvalue weighted by Gasteiger charge is 2.05. The second-order valence-electron chi connectivity index (χ2n) is 7.34. The first-order chi connectivity index (χ1) is 12.5. The van der Waals surface area contributed by atoms with Crippen molar-refractivity contribution in [3.8, 4) is 0 Å². The lowest BCUT2D eigenvalue weighted by molar-refractivity contribution is 0.493. The van der Waals surface area contributed by atoms with E-state index in [0.717, 1.165) is 31.1 Å². The number of guanidine groups is 1. The molecule has 26 heavy (non-hydrogen) atoms. The van der Waals surface area contributed by atoms with Gasteiger partial charge in [-0.1, -0.05) is 57.0 Å². The number of rotatable bonds is 10. The Kier molecular flexibility index (Phi) is 8.19. The van der Waals surface area contributed by atoms with Crippen LogP contribution in [0, 0.1) is 5.92 Å². The van der Waals surface area contributed by atoms with Gasteiger partial charge >= 0.3 is 0 Å². The van der Waals surface area contributed by atoms with Gasteiger partial charge in [0.1, 0.15) is 5.82 Å². The van der Waals surface area contributed by atoms with Crippen LogP contribution in [-0.4, -0.2) is 28.1 Å². The lowest BCUT2D eigenvalue weighted by atomic mass is 10.0. The summed E-state index contributed by atoms with van der Waals surface area (Å²) in [5, 5.41) is 3.29. The molecule has 5 heteroatoms. The topological polar surface area (TPSA) is 68.2 Å². The maximum atomic E-state index is 6.02. The SMILES string of the molecule is CC(C)CCCC(C)NC(N)=NCCc1nccn1Cc1ccccc1. The monoisotopic (exact) mass is 355 g/mol. The molecule has 0 fully saturated rings. The summed E-state index contributed by atoms with van der Waals surface area (Å²) in [7, 11) is 0. The molecule has 0 aliphatic carbocycles. The Labute approximate surface area is 157 Å². The molecule has 0 amide bonds. The van der Waals surface area contributed by atoms with E-state index in [0.29, 0.717) is 18.5 Å². The molecule has 5 nitrogen and oxygen atoms in total. The van der Waals surface area contributed by atoms with Crippen LogP contribution in [0.4, 0.5) is 0 Å². The van der Waals surface area contributed by atoms with Crippen molar-refractivity contribution in [2.75, 3.05) is 6.54 Å². The molecule has 0 bridgehead atoms. The normalized spacial score (nSPS) is 13.2. The molecule has 142 valence electrons. The number of benzene rings is 1. The second-order valence-corrected chi connectivity index (χ2v) is 7.34. The van der Waals surface area contributed by atoms with Crippen molar-refractivity contribution < 1.29 is 0 Å². The number of aromatic nitrogens is 2. The molecular formula is C21H33N5. The lowest BCUT2D eigenvalue weighted by Gasteiger charge is -2.15. The minimum atomic E-state index is 0.359. The Morgan fingerprint density at radius 2 is 1.96 bits per heavy atom. The maximum Gasteiger partial charge on any atom is 0.188 e. The molecular weight excluding hydrogens is 322 g/mol. The third kappa shape index (κ3) is 7.30. The van der Waals surface area contributed by atoms with Gasteiger partial charge in [-0.25, -0.2) is 4.98 Å². The van der Waals surface area contributed by atoms with E-state index < -0.39 is 0 Å². The molecule has 1 atom stereocenters. The summed E-state index contributed by atoms with van der Waals surface area (Å²) in [6.07, 6.45) is 8.24. The fraction of sp³-hybridized carbons (Fsp3) is 0.524. The van der Waals surface area contributed by atoms with Gasteiger partial charge in [0, 0.05) is 37.9 Å². The standard InChI is InChI=1S/C21H33N5/c1-17(2)8-7-9-18(3)25-21(22)24-13-12-20-23-14-15-26(20)16-19-10-5-4-6-11-19/h4-6,10-11,14-15,17-18H,7-9,12-13,16H2,1-3H3,(H3,22,24,25). The third-order valence-electron chi connectivity index (χ3n) is 4.43. The van der Waals surface area contributed by atoms with Gasteiger partial charge in [-0.3, -0.25) is 4.99 Å². The second kappa shape index (κ2) is 10.6. The van der Waals surface area contributed by atoms with Crippen molar-refractivity contribution in [1.82, 2.24) is 14.9 Å². The predicted molar refractivity (Wildman–Crippen MR) is 109 cm³/mol. The van der Waals surface area contributed by atoms with Gasteiger partial charge in [0.05, 0.1) is 0 Å². The number of aliphatic imine (C=N–C) groups is 1. The average molecular weight is 356 g/mol. The van der Waals surface area contributed by atoms with E-state index >= 15 is 0 Å². The van der Waals surface area contributed by atoms with Crippen LogP contribution in [0.1, 0.15) is 51.4 Å². The molecule has 1 aromatic heterocycles. The zero-order valence-electron chi connectivity index (χ0n) is 16.4. The Balaban J connectivity index is 1.76. The lowest BCUT2D eigenvalue weighted by Crippen LogP contribution is -2.38. The van der Waals surface area contributed by atoms with Gasteiger partial charge in [0.2, 0.25) is 0 Å². The first-order valence-electron chi connectivity index (χ1n) is 9.65. The molecule has 0 aliphatic rings. The Morgan fingerprint density at radius 3 is 2.69 bits per heavy atom. The van der Waals surface area contributed by atoms with Crippen LogP contribution in [0.15, 0.2) is 47.7 Å². The molecule has 1 unspecified atom stereocenters. The van der Waals surface area contributed by atoms with Crippen LogP contribution in [0.2, 0.25) is 0 Å². The molecule has 0 saturated heterocycles. The molecule has 0 saturated carbocycles. The van der Waals surface area contributed by atoms with Gasteiger partial charge in [-0.05, 0) is 24.8 Å². The molecule has 0 radical (unpaired) electrons. The summed E-state index contributed by atoms with van der Waals surface area (Å²) < 4.78 is 2.17. The molecule has 1 aromatic carbocycles. The van der Waals surface area contributed by atoms with Crippen molar-refractivity contribution in [1.29, 1.82) is 0 Å². The van der Waals surface area contributed by atoms with E-state index in [9.17, 15) is 0 Å². The van der Waals surface area contributed by atoms with Crippen molar-refractivity contribution in [2.45, 2.75) is 59.0 Å². The van der Waals surface area contributed by atoms with Crippen LogP contribution in [-0.2, 0) is 13.0 Å². The number of imidazole rings is 1. The average Bonchev–Trinajstić information content (AvgIpc) is 3.02. The first kappa shape index (κ1) is 20.0. The highest BCUT2D eigenvalue weighted by Crippen LogP contribution is 2.08. The van der Waals surface area contributed by atoms with E-state index in [4.69, 9.17) is 5.73 Å². The largest absolute Gasteiger partial charge is 0.370 e. The summed E-state index contributed by atoms with van der Waals surface area (Å²) in [5.41, 5.74) is 7.29. The van der Waals surface area contributed by atoms with Gasteiger partial charge in [0.25, 0.3) is 0 Å². The molecule has 0 aliphatic heterocycles. The van der Waals surface area contributed by atoms with Crippen molar-refractivity contribution in [2.24, 2.45) is 16.6 Å². The van der Waals surface area contributed by atoms with Crippen molar-refractivity contribution >= 4 is 5.96 Å². The smallest absolute Gasteiger partial charge is 0.188 e. The van der Waals surface area contributed by atoms with Gasteiger partial charge in [0.15, 0.2) is 5.96 Å². The minimum Gasteiger partial charge on any atom is -0.370 e. The molecule has 2 rings (SSSR count). The number of nitrogens with one attached hydrogen (secondary N) is 1. The van der Waals surface area contributed by atoms with E-state index in [2.05, 4.69) is 64.9 Å². The summed E-state index contributed by atoms with van der Waals surface area (Å²) in [6.45, 7) is 8.16. The highest BCUT2D eigenvalue weighted by molar-refractivity contribution is 5.78. The van der Waals surface area contributed by atoms with E-state index in [1.807, 2.05) is 18.5 Å². The van der Waals surface area contributed by atoms with Crippen LogP contribution in [0.5, 0.6) is 0 Å². The van der Waals surface area contributed by atoms with Crippen molar-refractivity contribution in [3.05, 3.63) is 54.1 Å². The Bertz CT molecular complexity index is 660. The van der Waals surface area contributed by atoms with E-state index in [1.54, 1.807) is 0 Å². The Morgan fingerprint density at radius 1 is 1.19 bits per heavy atom. The first-order valence-corrected chi connectivity index (χ1v) is 9.65. The summed E-state index contributed by atoms with van der Waals surface area (Å²) in [4.78, 5) is 8.92. The molecule has 3 N–H and O–H groups in total. The number of hydrogen-bond donors (Lipinski definition) is 2. The number of nitrogens with zero attached hydrogens (tertiary/aromatic N) is 3. The van der Waals surface area contributed by atoms with E-state index in [1.165, 1.54) is 18.4 Å². The van der Waals surface area contributed by atoms with Crippen LogP contribution in [0.25, 0.3) is 0 Å². The zero-order chi connectivity index (χ0) is 18.8. The number of hydrogen-bond acceptors (Lipinski definition) is 2. The fourth-order valence-corrected chi connectivity index (χ4v) is 2.97. The van der Waals surface area contributed by atoms with Gasteiger partial charge < -0.3 is 15.6 Å². The molecule has 2 aromatic rings. The Hall–Kier alpha value is -2.30. The highest BCUT2D eigenvalue weighted by atomic mass is 15.1. The minimum absolute atomic E-state index is 0.359. The van der Waals surface area contributed by atoms with Gasteiger partial charge in [-0.2, -0.15) is 0 Å². The molecule has 1 heterocycles. The fourth-order valence-electron chi connectivity index (χ4n) is 2.97. The zero-order valence-corrected chi connectivity index (χ0v) is 16.4. The summed E-state index contributed by atoms with van der Waals surface area (Å²) in [6, 6.07) is 10.8. The number of nitrogens with two attached hydrogens (primary N) is 1.